The van der Waals surface area contributed by atoms with Gasteiger partial charge >= 0.3 is 0 Å². The Hall–Kier alpha value is -1.10. The highest BCUT2D eigenvalue weighted by Crippen LogP contribution is 2.15. The van der Waals surface area contributed by atoms with Crippen molar-refractivity contribution in [3.05, 3.63) is 0 Å². The summed E-state index contributed by atoms with van der Waals surface area (Å²) in [5.74, 6) is -0.182. The zero-order valence-corrected chi connectivity index (χ0v) is 7.38. The van der Waals surface area contributed by atoms with Crippen molar-refractivity contribution >= 4 is 11.8 Å². The maximum absolute atomic E-state index is 11.4. The van der Waals surface area contributed by atoms with Crippen LogP contribution >= 0.6 is 0 Å². The quantitative estimate of drug-likeness (QED) is 0.548. The van der Waals surface area contributed by atoms with E-state index in [1.807, 2.05) is 0 Å². The van der Waals surface area contributed by atoms with Crippen molar-refractivity contribution in [3.8, 4) is 0 Å². The molecule has 0 aromatic heterocycles. The van der Waals surface area contributed by atoms with Gasteiger partial charge in [0.1, 0.15) is 0 Å². The van der Waals surface area contributed by atoms with E-state index in [9.17, 15) is 9.59 Å². The summed E-state index contributed by atoms with van der Waals surface area (Å²) in [7, 11) is 0. The Morgan fingerprint density at radius 1 is 1.15 bits per heavy atom. The fourth-order valence-corrected chi connectivity index (χ4v) is 1.88. The molecule has 0 bridgehead atoms. The normalized spacial score (nSPS) is 30.0. The first-order chi connectivity index (χ1) is 6.27. The predicted octanol–water partition coefficient (Wildman–Crippen LogP) is -0.998. The van der Waals surface area contributed by atoms with E-state index in [1.165, 1.54) is 0 Å². The summed E-state index contributed by atoms with van der Waals surface area (Å²) < 4.78 is 0. The highest BCUT2D eigenvalue weighted by molar-refractivity contribution is 5.93. The average molecular weight is 183 g/mol. The van der Waals surface area contributed by atoms with Crippen molar-refractivity contribution in [1.82, 2.24) is 15.8 Å². The number of nitrogens with one attached hydrogen (secondary N) is 2. The largest absolute Gasteiger partial charge is 0.291 e. The first-order valence-electron chi connectivity index (χ1n) is 4.60. The molecular formula is C8H13N3O2. The third kappa shape index (κ3) is 1.65. The Labute approximate surface area is 76.4 Å². The molecule has 2 rings (SSSR count). The molecule has 0 unspecified atom stereocenters. The van der Waals surface area contributed by atoms with Gasteiger partial charge in [-0.25, -0.2) is 0 Å². The molecule has 0 saturated carbocycles. The number of rotatable bonds is 1. The van der Waals surface area contributed by atoms with Gasteiger partial charge in [0.25, 0.3) is 5.91 Å². The topological polar surface area (TPSA) is 61.4 Å². The molecule has 0 aromatic carbocycles. The minimum atomic E-state index is -0.240. The summed E-state index contributed by atoms with van der Waals surface area (Å²) in [6, 6.07) is -0.240. The smallest absolute Gasteiger partial charge is 0.256 e. The van der Waals surface area contributed by atoms with Gasteiger partial charge in [-0.05, 0) is 25.9 Å². The van der Waals surface area contributed by atoms with E-state index in [0.717, 1.165) is 25.9 Å². The molecule has 2 heterocycles. The molecule has 5 nitrogen and oxygen atoms in total. The molecule has 72 valence electrons. The summed E-state index contributed by atoms with van der Waals surface area (Å²) in [5.41, 5.74) is 4.70. The molecule has 0 aliphatic carbocycles. The average Bonchev–Trinajstić information content (AvgIpc) is 2.61. The van der Waals surface area contributed by atoms with Gasteiger partial charge in [-0.1, -0.05) is 0 Å². The van der Waals surface area contributed by atoms with Gasteiger partial charge in [-0.2, -0.15) is 0 Å². The van der Waals surface area contributed by atoms with E-state index in [2.05, 4.69) is 15.8 Å². The van der Waals surface area contributed by atoms with Gasteiger partial charge in [0.15, 0.2) is 0 Å². The van der Waals surface area contributed by atoms with Crippen molar-refractivity contribution in [3.63, 3.8) is 0 Å². The van der Waals surface area contributed by atoms with Crippen molar-refractivity contribution in [1.29, 1.82) is 0 Å². The van der Waals surface area contributed by atoms with Gasteiger partial charge in [0.2, 0.25) is 5.91 Å². The van der Waals surface area contributed by atoms with E-state index in [-0.39, 0.29) is 17.9 Å². The monoisotopic (exact) mass is 183 g/mol. The lowest BCUT2D eigenvalue weighted by Gasteiger charge is -2.29. The van der Waals surface area contributed by atoms with Gasteiger partial charge in [-0.15, -0.1) is 0 Å². The zero-order valence-electron chi connectivity index (χ0n) is 7.38. The first kappa shape index (κ1) is 8.50. The number of carbonyl (C=O) groups is 2. The number of hydrogen-bond acceptors (Lipinski definition) is 3. The molecule has 2 amide bonds. The lowest BCUT2D eigenvalue weighted by molar-refractivity contribution is -0.139. The summed E-state index contributed by atoms with van der Waals surface area (Å²) in [4.78, 5) is 24.5. The van der Waals surface area contributed by atoms with Crippen molar-refractivity contribution in [2.24, 2.45) is 0 Å². The van der Waals surface area contributed by atoms with Crippen LogP contribution in [-0.4, -0.2) is 35.8 Å². The van der Waals surface area contributed by atoms with Gasteiger partial charge in [-0.3, -0.25) is 25.3 Å². The van der Waals surface area contributed by atoms with Crippen molar-refractivity contribution in [2.75, 3.05) is 13.1 Å². The molecule has 2 aliphatic rings. The molecule has 1 atom stereocenters. The first-order valence-corrected chi connectivity index (χ1v) is 4.60. The van der Waals surface area contributed by atoms with Gasteiger partial charge < -0.3 is 0 Å². The number of hydrazine groups is 1. The molecule has 0 radical (unpaired) electrons. The fourth-order valence-electron chi connectivity index (χ4n) is 1.88. The molecule has 13 heavy (non-hydrogen) atoms. The van der Waals surface area contributed by atoms with Crippen LogP contribution in [0.25, 0.3) is 0 Å². The maximum atomic E-state index is 11.4. The third-order valence-electron chi connectivity index (χ3n) is 2.59. The van der Waals surface area contributed by atoms with Gasteiger partial charge in [0, 0.05) is 0 Å². The van der Waals surface area contributed by atoms with Crippen molar-refractivity contribution < 1.29 is 9.59 Å². The number of amides is 2. The Morgan fingerprint density at radius 2 is 1.85 bits per heavy atom. The van der Waals surface area contributed by atoms with E-state index in [1.54, 1.807) is 0 Å². The number of hydrogen-bond donors (Lipinski definition) is 2. The van der Waals surface area contributed by atoms with E-state index < -0.39 is 0 Å². The van der Waals surface area contributed by atoms with Crippen LogP contribution < -0.4 is 10.9 Å². The summed E-state index contributed by atoms with van der Waals surface area (Å²) >= 11 is 0. The second-order valence-corrected chi connectivity index (χ2v) is 3.50. The van der Waals surface area contributed by atoms with Crippen LogP contribution in [0.5, 0.6) is 0 Å². The van der Waals surface area contributed by atoms with Crippen LogP contribution in [0.3, 0.4) is 0 Å². The summed E-state index contributed by atoms with van der Waals surface area (Å²) in [5, 5.41) is 0. The van der Waals surface area contributed by atoms with Crippen LogP contribution in [0, 0.1) is 0 Å². The molecule has 5 heteroatoms. The lowest BCUT2D eigenvalue weighted by atomic mass is 10.1. The number of nitrogens with zero attached hydrogens (tertiary/aromatic N) is 1. The van der Waals surface area contributed by atoms with E-state index in [0.29, 0.717) is 6.42 Å². The molecule has 0 spiro atoms. The number of carbonyl (C=O) groups excluding carboxylic acids is 2. The molecular weight excluding hydrogens is 170 g/mol. The second kappa shape index (κ2) is 3.33. The van der Waals surface area contributed by atoms with Crippen LogP contribution in [0.2, 0.25) is 0 Å². The fraction of sp³-hybridized carbons (Fsp3) is 0.750. The van der Waals surface area contributed by atoms with Crippen molar-refractivity contribution in [2.45, 2.75) is 25.3 Å². The van der Waals surface area contributed by atoms with Gasteiger partial charge in [0.05, 0.1) is 12.5 Å². The number of likely N-dealkylation sites (tertiary alicyclic amines) is 1. The lowest BCUT2D eigenvalue weighted by Crippen LogP contribution is -2.58. The van der Waals surface area contributed by atoms with Crippen LogP contribution in [0.4, 0.5) is 0 Å². The molecule has 2 saturated heterocycles. The zero-order chi connectivity index (χ0) is 9.26. The minimum Gasteiger partial charge on any atom is -0.291 e. The SMILES string of the molecule is O=C1C[C@@H](N2CCCC2)C(=O)NN1. The van der Waals surface area contributed by atoms with E-state index in [4.69, 9.17) is 0 Å². The molecule has 0 aromatic rings. The van der Waals surface area contributed by atoms with Crippen LogP contribution in [0.1, 0.15) is 19.3 Å². The highest BCUT2D eigenvalue weighted by Gasteiger charge is 2.33. The maximum Gasteiger partial charge on any atom is 0.256 e. The second-order valence-electron chi connectivity index (χ2n) is 3.50. The van der Waals surface area contributed by atoms with E-state index >= 15 is 0 Å². The third-order valence-corrected chi connectivity index (χ3v) is 2.59. The summed E-state index contributed by atoms with van der Waals surface area (Å²) in [6.07, 6.45) is 2.56. The Balaban J connectivity index is 2.02. The minimum absolute atomic E-state index is 0.0819. The predicted molar refractivity (Wildman–Crippen MR) is 45.5 cm³/mol. The highest BCUT2D eigenvalue weighted by atomic mass is 16.2. The van der Waals surface area contributed by atoms with Crippen LogP contribution in [-0.2, 0) is 9.59 Å². The van der Waals surface area contributed by atoms with Crippen LogP contribution in [0.15, 0.2) is 0 Å². The Bertz CT molecular complexity index is 236. The Morgan fingerprint density at radius 3 is 2.54 bits per heavy atom. The molecule has 2 N–H and O–H groups in total. The molecule has 2 fully saturated rings. The Kier molecular flexibility index (Phi) is 2.18. The summed E-state index contributed by atoms with van der Waals surface area (Å²) in [6.45, 7) is 1.87. The molecule has 2 aliphatic heterocycles. The standard InChI is InChI=1S/C8H13N3O2/c12-7-5-6(8(13)10-9-7)11-3-1-2-4-11/h6H,1-5H2,(H,9,12)(H,10,13)/t6-/m1/s1.